The van der Waals surface area contributed by atoms with E-state index in [-0.39, 0.29) is 18.3 Å². The van der Waals surface area contributed by atoms with Gasteiger partial charge in [0.2, 0.25) is 0 Å². The molecule has 0 aliphatic rings. The van der Waals surface area contributed by atoms with Crippen molar-refractivity contribution in [2.75, 3.05) is 27.3 Å². The fraction of sp³-hybridized carbons (Fsp3) is 0.364. The summed E-state index contributed by atoms with van der Waals surface area (Å²) in [7, 11) is 3.24. The Morgan fingerprint density at radius 3 is 2.39 bits per heavy atom. The predicted octanol–water partition coefficient (Wildman–Crippen LogP) is 3.82. The molecule has 0 aromatic heterocycles. The van der Waals surface area contributed by atoms with E-state index in [9.17, 15) is 22.8 Å². The number of carbonyl (C=O) groups excluding carboxylic acids is 2. The molecule has 31 heavy (non-hydrogen) atoms. The van der Waals surface area contributed by atoms with Gasteiger partial charge in [0.1, 0.15) is 11.5 Å². The van der Waals surface area contributed by atoms with E-state index < -0.39 is 30.3 Å². The van der Waals surface area contributed by atoms with Gasteiger partial charge in [-0.2, -0.15) is 13.2 Å². The number of benzene rings is 2. The zero-order chi connectivity index (χ0) is 23.0. The molecule has 0 radical (unpaired) electrons. The molecule has 2 aromatic rings. The van der Waals surface area contributed by atoms with Crippen LogP contribution in [0.1, 0.15) is 30.5 Å². The molecule has 0 bridgehead atoms. The number of hydrogen-bond acceptors (Lipinski definition) is 4. The molecule has 1 unspecified atom stereocenters. The number of amides is 2. The molecule has 6 nitrogen and oxygen atoms in total. The Morgan fingerprint density at radius 1 is 1.03 bits per heavy atom. The molecule has 0 spiro atoms. The normalized spacial score (nSPS) is 12.1. The predicted molar refractivity (Wildman–Crippen MR) is 109 cm³/mol. The lowest BCUT2D eigenvalue weighted by Crippen LogP contribution is -2.33. The molecule has 0 aliphatic heterocycles. The van der Waals surface area contributed by atoms with E-state index in [1.165, 1.54) is 17.0 Å². The first-order valence-corrected chi connectivity index (χ1v) is 9.63. The van der Waals surface area contributed by atoms with E-state index in [1.54, 1.807) is 38.4 Å². The summed E-state index contributed by atoms with van der Waals surface area (Å²) < 4.78 is 49.2. The monoisotopic (exact) mass is 438 g/mol. The van der Waals surface area contributed by atoms with Gasteiger partial charge in [0, 0.05) is 19.7 Å². The highest BCUT2D eigenvalue weighted by Crippen LogP contribution is 2.31. The molecule has 1 atom stereocenters. The van der Waals surface area contributed by atoms with E-state index in [1.807, 2.05) is 6.92 Å². The summed E-state index contributed by atoms with van der Waals surface area (Å²) >= 11 is 0. The van der Waals surface area contributed by atoms with Gasteiger partial charge >= 0.3 is 6.18 Å². The van der Waals surface area contributed by atoms with E-state index >= 15 is 0 Å². The summed E-state index contributed by atoms with van der Waals surface area (Å²) in [4.78, 5) is 25.6. The number of hydrogen-bond donors (Lipinski definition) is 1. The van der Waals surface area contributed by atoms with Crippen LogP contribution in [-0.2, 0) is 15.8 Å². The van der Waals surface area contributed by atoms with Crippen LogP contribution in [0.25, 0.3) is 0 Å². The average Bonchev–Trinajstić information content (AvgIpc) is 2.74. The number of halogens is 3. The van der Waals surface area contributed by atoms with Gasteiger partial charge in [-0.3, -0.25) is 9.59 Å². The Morgan fingerprint density at radius 2 is 1.74 bits per heavy atom. The van der Waals surface area contributed by atoms with Crippen LogP contribution in [0.5, 0.6) is 11.5 Å². The molecule has 1 N–H and O–H groups in total. The fourth-order valence-corrected chi connectivity index (χ4v) is 2.72. The molecule has 0 saturated carbocycles. The highest BCUT2D eigenvalue weighted by atomic mass is 19.4. The average molecular weight is 438 g/mol. The van der Waals surface area contributed by atoms with Crippen molar-refractivity contribution < 1.29 is 32.2 Å². The lowest BCUT2D eigenvalue weighted by Gasteiger charge is -2.21. The Hall–Kier alpha value is -3.23. The van der Waals surface area contributed by atoms with Crippen molar-refractivity contribution in [3.05, 3.63) is 59.7 Å². The van der Waals surface area contributed by atoms with E-state index in [2.05, 4.69) is 5.32 Å². The van der Waals surface area contributed by atoms with Crippen LogP contribution in [0.2, 0.25) is 0 Å². The summed E-state index contributed by atoms with van der Waals surface area (Å²) in [5.74, 6) is -0.294. The fourth-order valence-electron chi connectivity index (χ4n) is 2.72. The number of likely N-dealkylation sites (N-methyl/N-ethyl adjacent to an activating group) is 1. The van der Waals surface area contributed by atoms with Crippen LogP contribution in [0.4, 0.5) is 13.2 Å². The third-order valence-electron chi connectivity index (χ3n) is 4.42. The summed E-state index contributed by atoms with van der Waals surface area (Å²) in [6.45, 7) is 1.27. The summed E-state index contributed by atoms with van der Waals surface area (Å²) in [6.07, 6.45) is -3.97. The maximum Gasteiger partial charge on any atom is 0.416 e. The first-order chi connectivity index (χ1) is 14.6. The van der Waals surface area contributed by atoms with Crippen molar-refractivity contribution >= 4 is 11.8 Å². The van der Waals surface area contributed by atoms with Gasteiger partial charge < -0.3 is 19.7 Å². The zero-order valence-corrected chi connectivity index (χ0v) is 17.5. The van der Waals surface area contributed by atoms with Gasteiger partial charge in [-0.1, -0.05) is 31.2 Å². The molecule has 0 saturated heterocycles. The maximum absolute atomic E-state index is 12.8. The highest BCUT2D eigenvalue weighted by Gasteiger charge is 2.30. The van der Waals surface area contributed by atoms with Crippen LogP contribution in [-0.4, -0.2) is 44.0 Å². The van der Waals surface area contributed by atoms with Gasteiger partial charge in [-0.15, -0.1) is 0 Å². The van der Waals surface area contributed by atoms with Crippen molar-refractivity contribution in [1.29, 1.82) is 0 Å². The molecule has 168 valence electrons. The number of alkyl halides is 3. The molecule has 0 heterocycles. The third kappa shape index (κ3) is 7.20. The number of nitrogens with zero attached hydrogens (tertiary/aromatic N) is 1. The lowest BCUT2D eigenvalue weighted by molar-refractivity contribution is -0.137. The largest absolute Gasteiger partial charge is 0.484 e. The Labute approximate surface area is 178 Å². The summed E-state index contributed by atoms with van der Waals surface area (Å²) in [6, 6.07) is 10.9. The first-order valence-electron chi connectivity index (χ1n) is 9.63. The number of para-hydroxylation sites is 1. The zero-order valence-electron chi connectivity index (χ0n) is 17.5. The van der Waals surface area contributed by atoms with E-state index in [0.29, 0.717) is 17.7 Å². The Kier molecular flexibility index (Phi) is 8.30. The van der Waals surface area contributed by atoms with Crippen molar-refractivity contribution in [2.24, 2.45) is 0 Å². The van der Waals surface area contributed by atoms with E-state index in [0.717, 1.165) is 12.1 Å². The van der Waals surface area contributed by atoms with Crippen LogP contribution in [0.3, 0.4) is 0 Å². The first kappa shape index (κ1) is 24.0. The second-order valence-electron chi connectivity index (χ2n) is 6.96. The Bertz CT molecular complexity index is 900. The molecular weight excluding hydrogens is 413 g/mol. The number of nitrogens with one attached hydrogen (secondary N) is 1. The quantitative estimate of drug-likeness (QED) is 0.647. The van der Waals surface area contributed by atoms with Gasteiger partial charge in [-0.25, -0.2) is 0 Å². The number of rotatable bonds is 9. The minimum absolute atomic E-state index is 0.0519. The van der Waals surface area contributed by atoms with Crippen LogP contribution >= 0.6 is 0 Å². The molecule has 2 amide bonds. The molecular formula is C22H25F3N2O4. The summed E-state index contributed by atoms with van der Waals surface area (Å²) in [5.41, 5.74) is -0.167. The molecule has 2 aromatic carbocycles. The van der Waals surface area contributed by atoms with Crippen molar-refractivity contribution in [1.82, 2.24) is 10.2 Å². The van der Waals surface area contributed by atoms with Crippen molar-refractivity contribution in [2.45, 2.75) is 25.6 Å². The maximum atomic E-state index is 12.8. The molecule has 0 fully saturated rings. The molecule has 0 aliphatic carbocycles. The van der Waals surface area contributed by atoms with Gasteiger partial charge in [0.15, 0.2) is 13.2 Å². The SMILES string of the molecule is CCC(NC(=O)COc1cccc(C(F)(F)F)c1)c1ccccc1OCC(=O)N(C)C. The highest BCUT2D eigenvalue weighted by molar-refractivity contribution is 5.78. The smallest absolute Gasteiger partial charge is 0.416 e. The summed E-state index contributed by atoms with van der Waals surface area (Å²) in [5, 5.41) is 2.79. The van der Waals surface area contributed by atoms with Crippen molar-refractivity contribution in [3.63, 3.8) is 0 Å². The van der Waals surface area contributed by atoms with Gasteiger partial charge in [0.05, 0.1) is 11.6 Å². The van der Waals surface area contributed by atoms with Gasteiger partial charge in [0.25, 0.3) is 11.8 Å². The standard InChI is InChI=1S/C22H25F3N2O4/c1-4-18(17-10-5-6-11-19(17)31-14-21(29)27(2)3)26-20(28)13-30-16-9-7-8-15(12-16)22(23,24)25/h5-12,18H,4,13-14H2,1-3H3,(H,26,28). The minimum atomic E-state index is -4.49. The van der Waals surface area contributed by atoms with Crippen molar-refractivity contribution in [3.8, 4) is 11.5 Å². The second-order valence-corrected chi connectivity index (χ2v) is 6.96. The molecule has 9 heteroatoms. The Balaban J connectivity index is 2.02. The second kappa shape index (κ2) is 10.7. The third-order valence-corrected chi connectivity index (χ3v) is 4.42. The van der Waals surface area contributed by atoms with Crippen LogP contribution in [0.15, 0.2) is 48.5 Å². The lowest BCUT2D eigenvalue weighted by atomic mass is 10.0. The van der Waals surface area contributed by atoms with E-state index in [4.69, 9.17) is 9.47 Å². The number of ether oxygens (including phenoxy) is 2. The topological polar surface area (TPSA) is 67.9 Å². The minimum Gasteiger partial charge on any atom is -0.484 e. The van der Waals surface area contributed by atoms with Crippen LogP contribution < -0.4 is 14.8 Å². The van der Waals surface area contributed by atoms with Crippen LogP contribution in [0, 0.1) is 0 Å². The van der Waals surface area contributed by atoms with Gasteiger partial charge in [-0.05, 0) is 30.7 Å². The number of carbonyl (C=O) groups is 2. The molecule has 2 rings (SSSR count).